The molecule has 4 nitrogen and oxygen atoms in total. The van der Waals surface area contributed by atoms with Crippen molar-refractivity contribution in [2.45, 2.75) is 26.7 Å². The van der Waals surface area contributed by atoms with Gasteiger partial charge in [-0.1, -0.05) is 47.1 Å². The maximum absolute atomic E-state index is 11.4. The highest BCUT2D eigenvalue weighted by Crippen LogP contribution is 2.31. The average molecular weight is 324 g/mol. The van der Waals surface area contributed by atoms with Crippen LogP contribution in [0, 0.1) is 6.92 Å². The van der Waals surface area contributed by atoms with Crippen molar-refractivity contribution in [1.82, 2.24) is 5.16 Å². The van der Waals surface area contributed by atoms with Crippen molar-refractivity contribution < 1.29 is 14.4 Å². The number of halogens is 1. The lowest BCUT2D eigenvalue weighted by molar-refractivity contribution is 0.0694. The van der Waals surface area contributed by atoms with Gasteiger partial charge in [0.25, 0.3) is 0 Å². The molecule has 5 heteroatoms. The van der Waals surface area contributed by atoms with Crippen LogP contribution < -0.4 is 0 Å². The molecule has 2 rings (SSSR count). The Morgan fingerprint density at radius 3 is 2.63 bits per heavy atom. The molecule has 1 aromatic heterocycles. The predicted octanol–water partition coefficient (Wildman–Crippen LogP) is 4.23. The third kappa shape index (κ3) is 2.56. The van der Waals surface area contributed by atoms with Crippen molar-refractivity contribution in [2.24, 2.45) is 0 Å². The number of hydrogen-bond donors (Lipinski definition) is 1. The Kier molecular flexibility index (Phi) is 3.75. The third-order valence-corrected chi connectivity index (χ3v) is 3.76. The highest BCUT2D eigenvalue weighted by atomic mass is 79.9. The number of carboxylic acid groups (broad SMARTS) is 1. The minimum absolute atomic E-state index is 0.0266. The van der Waals surface area contributed by atoms with Gasteiger partial charge in [-0.2, -0.15) is 0 Å². The van der Waals surface area contributed by atoms with E-state index in [1.165, 1.54) is 0 Å². The van der Waals surface area contributed by atoms with Crippen LogP contribution in [0.5, 0.6) is 0 Å². The Morgan fingerprint density at radius 1 is 1.42 bits per heavy atom. The number of rotatable bonds is 3. The molecule has 0 radical (unpaired) electrons. The van der Waals surface area contributed by atoms with Crippen LogP contribution in [-0.2, 0) is 0 Å². The minimum atomic E-state index is -1.02. The summed E-state index contributed by atoms with van der Waals surface area (Å²) in [6, 6.07) is 5.60. The Morgan fingerprint density at radius 2 is 2.11 bits per heavy atom. The fraction of sp³-hybridized carbons (Fsp3) is 0.286. The summed E-state index contributed by atoms with van der Waals surface area (Å²) in [5.41, 5.74) is 2.32. The Labute approximate surface area is 119 Å². The maximum atomic E-state index is 11.4. The molecule has 1 heterocycles. The molecular weight excluding hydrogens is 310 g/mol. The van der Waals surface area contributed by atoms with Gasteiger partial charge in [-0.3, -0.25) is 0 Å². The van der Waals surface area contributed by atoms with Gasteiger partial charge in [0.2, 0.25) is 0 Å². The van der Waals surface area contributed by atoms with Gasteiger partial charge in [0.05, 0.1) is 0 Å². The van der Waals surface area contributed by atoms with E-state index < -0.39 is 5.97 Å². The van der Waals surface area contributed by atoms with Crippen molar-refractivity contribution in [3.63, 3.8) is 0 Å². The number of carbonyl (C=O) groups is 1. The third-order valence-electron chi connectivity index (χ3n) is 2.90. The van der Waals surface area contributed by atoms with Crippen LogP contribution in [0.1, 0.15) is 41.4 Å². The SMILES string of the molecule is Cc1ccc(-c2noc(C(C)C)c2C(=O)O)cc1Br. The highest BCUT2D eigenvalue weighted by molar-refractivity contribution is 9.10. The Hall–Kier alpha value is -1.62. The van der Waals surface area contributed by atoms with E-state index in [1.807, 2.05) is 39.0 Å². The lowest BCUT2D eigenvalue weighted by atomic mass is 10.0. The molecule has 0 atom stereocenters. The summed E-state index contributed by atoms with van der Waals surface area (Å²) in [5.74, 6) is -0.642. The maximum Gasteiger partial charge on any atom is 0.341 e. The van der Waals surface area contributed by atoms with E-state index in [4.69, 9.17) is 4.52 Å². The number of benzene rings is 1. The molecule has 0 amide bonds. The van der Waals surface area contributed by atoms with Crippen LogP contribution in [0.15, 0.2) is 27.2 Å². The molecule has 0 unspecified atom stereocenters. The largest absolute Gasteiger partial charge is 0.477 e. The predicted molar refractivity (Wildman–Crippen MR) is 75.4 cm³/mol. The molecular formula is C14H14BrNO3. The first-order valence-electron chi connectivity index (χ1n) is 5.91. The summed E-state index contributed by atoms with van der Waals surface area (Å²) in [4.78, 5) is 11.4. The van der Waals surface area contributed by atoms with Crippen LogP contribution in [-0.4, -0.2) is 16.2 Å². The Bertz CT molecular complexity index is 632. The van der Waals surface area contributed by atoms with Gasteiger partial charge in [0, 0.05) is 16.0 Å². The molecule has 1 aromatic carbocycles. The molecule has 0 aliphatic heterocycles. The van der Waals surface area contributed by atoms with Crippen molar-refractivity contribution >= 4 is 21.9 Å². The number of aromatic nitrogens is 1. The molecule has 100 valence electrons. The summed E-state index contributed by atoms with van der Waals surface area (Å²) in [7, 11) is 0. The molecule has 0 aliphatic carbocycles. The zero-order chi connectivity index (χ0) is 14.2. The van der Waals surface area contributed by atoms with Gasteiger partial charge in [-0.15, -0.1) is 0 Å². The summed E-state index contributed by atoms with van der Waals surface area (Å²) >= 11 is 3.43. The van der Waals surface area contributed by atoms with E-state index in [0.717, 1.165) is 15.6 Å². The van der Waals surface area contributed by atoms with Gasteiger partial charge in [-0.05, 0) is 18.6 Å². The number of hydrogen-bond acceptors (Lipinski definition) is 3. The topological polar surface area (TPSA) is 63.3 Å². The lowest BCUT2D eigenvalue weighted by Gasteiger charge is -2.03. The molecule has 0 fully saturated rings. The zero-order valence-corrected chi connectivity index (χ0v) is 12.5. The van der Waals surface area contributed by atoms with Crippen molar-refractivity contribution in [3.05, 3.63) is 39.6 Å². The van der Waals surface area contributed by atoms with E-state index in [1.54, 1.807) is 0 Å². The monoisotopic (exact) mass is 323 g/mol. The molecule has 0 bridgehead atoms. The van der Waals surface area contributed by atoms with Crippen LogP contribution >= 0.6 is 15.9 Å². The molecule has 2 aromatic rings. The summed E-state index contributed by atoms with van der Waals surface area (Å²) < 4.78 is 6.11. The number of carboxylic acids is 1. The van der Waals surface area contributed by atoms with Crippen molar-refractivity contribution in [2.75, 3.05) is 0 Å². The first kappa shape index (κ1) is 13.8. The van der Waals surface area contributed by atoms with E-state index in [9.17, 15) is 9.90 Å². The van der Waals surface area contributed by atoms with Gasteiger partial charge in [0.15, 0.2) is 5.76 Å². The summed E-state index contributed by atoms with van der Waals surface area (Å²) in [5, 5.41) is 13.3. The highest BCUT2D eigenvalue weighted by Gasteiger charge is 2.25. The quantitative estimate of drug-likeness (QED) is 0.917. The van der Waals surface area contributed by atoms with Crippen molar-refractivity contribution in [3.8, 4) is 11.3 Å². The first-order valence-corrected chi connectivity index (χ1v) is 6.70. The second-order valence-electron chi connectivity index (χ2n) is 4.69. The standard InChI is InChI=1S/C14H14BrNO3/c1-7(2)13-11(14(17)18)12(16-19-13)9-5-4-8(3)10(15)6-9/h4-7H,1-3H3,(H,17,18). The van der Waals surface area contributed by atoms with Gasteiger partial charge in [0.1, 0.15) is 11.3 Å². The Balaban J connectivity index is 2.62. The van der Waals surface area contributed by atoms with Crippen LogP contribution in [0.3, 0.4) is 0 Å². The molecule has 0 saturated carbocycles. The normalized spacial score (nSPS) is 11.0. The molecule has 19 heavy (non-hydrogen) atoms. The molecule has 0 saturated heterocycles. The van der Waals surface area contributed by atoms with Crippen molar-refractivity contribution in [1.29, 1.82) is 0 Å². The summed E-state index contributed by atoms with van der Waals surface area (Å²) in [6.07, 6.45) is 0. The molecule has 0 aliphatic rings. The van der Waals surface area contributed by atoms with Gasteiger partial charge >= 0.3 is 5.97 Å². The zero-order valence-electron chi connectivity index (χ0n) is 10.9. The fourth-order valence-electron chi connectivity index (χ4n) is 1.84. The van der Waals surface area contributed by atoms with Crippen LogP contribution in [0.25, 0.3) is 11.3 Å². The average Bonchev–Trinajstić information content (AvgIpc) is 2.77. The number of aromatic carboxylic acids is 1. The van der Waals surface area contributed by atoms with E-state index in [2.05, 4.69) is 21.1 Å². The summed E-state index contributed by atoms with van der Waals surface area (Å²) in [6.45, 7) is 5.72. The number of aryl methyl sites for hydroxylation is 1. The number of nitrogens with zero attached hydrogens (tertiary/aromatic N) is 1. The first-order chi connectivity index (χ1) is 8.91. The smallest absolute Gasteiger partial charge is 0.341 e. The molecule has 0 spiro atoms. The van der Waals surface area contributed by atoms with Crippen LogP contribution in [0.2, 0.25) is 0 Å². The van der Waals surface area contributed by atoms with E-state index in [-0.39, 0.29) is 11.5 Å². The van der Waals surface area contributed by atoms with Gasteiger partial charge in [-0.25, -0.2) is 4.79 Å². The molecule has 1 N–H and O–H groups in total. The fourth-order valence-corrected chi connectivity index (χ4v) is 2.22. The second kappa shape index (κ2) is 5.17. The minimum Gasteiger partial charge on any atom is -0.477 e. The van der Waals surface area contributed by atoms with E-state index >= 15 is 0 Å². The van der Waals surface area contributed by atoms with Crippen LogP contribution in [0.4, 0.5) is 0 Å². The van der Waals surface area contributed by atoms with E-state index in [0.29, 0.717) is 11.5 Å². The lowest BCUT2D eigenvalue weighted by Crippen LogP contribution is -2.02. The second-order valence-corrected chi connectivity index (χ2v) is 5.55. The van der Waals surface area contributed by atoms with Gasteiger partial charge < -0.3 is 9.63 Å².